The standard InChI is InChI=1S/C10H19NO2/c1-5-6-9(13)11-10(7(2)3)8(4)12/h7,10H,5-6H2,1-4H3,(H,11,13). The third-order valence-electron chi connectivity index (χ3n) is 1.90. The molecular formula is C10H19NO2. The Labute approximate surface area is 79.9 Å². The van der Waals surface area contributed by atoms with Crippen molar-refractivity contribution in [3.05, 3.63) is 0 Å². The van der Waals surface area contributed by atoms with Gasteiger partial charge in [-0.25, -0.2) is 0 Å². The van der Waals surface area contributed by atoms with Crippen LogP contribution in [0.15, 0.2) is 0 Å². The zero-order valence-corrected chi connectivity index (χ0v) is 8.89. The summed E-state index contributed by atoms with van der Waals surface area (Å²) in [5, 5.41) is 2.73. The average molecular weight is 185 g/mol. The van der Waals surface area contributed by atoms with Gasteiger partial charge in [-0.15, -0.1) is 0 Å². The summed E-state index contributed by atoms with van der Waals surface area (Å²) in [5.74, 6) is 0.161. The molecule has 0 heterocycles. The lowest BCUT2D eigenvalue weighted by atomic mass is 10.0. The molecule has 0 fully saturated rings. The van der Waals surface area contributed by atoms with E-state index >= 15 is 0 Å². The predicted molar refractivity (Wildman–Crippen MR) is 52.4 cm³/mol. The highest BCUT2D eigenvalue weighted by Crippen LogP contribution is 2.03. The van der Waals surface area contributed by atoms with Crippen LogP contribution < -0.4 is 5.32 Å². The lowest BCUT2D eigenvalue weighted by Crippen LogP contribution is -2.43. The Bertz CT molecular complexity index is 187. The molecule has 0 aliphatic carbocycles. The van der Waals surface area contributed by atoms with Crippen LogP contribution in [0.5, 0.6) is 0 Å². The molecule has 0 saturated heterocycles. The third kappa shape index (κ3) is 4.65. The SMILES string of the molecule is CCCC(=O)NC(C(C)=O)C(C)C. The molecular weight excluding hydrogens is 166 g/mol. The number of ketones is 1. The van der Waals surface area contributed by atoms with E-state index in [0.717, 1.165) is 6.42 Å². The number of amides is 1. The van der Waals surface area contributed by atoms with E-state index in [1.165, 1.54) is 6.92 Å². The average Bonchev–Trinajstić information content (AvgIpc) is 1.99. The summed E-state index contributed by atoms with van der Waals surface area (Å²) in [7, 11) is 0. The minimum Gasteiger partial charge on any atom is -0.346 e. The van der Waals surface area contributed by atoms with Gasteiger partial charge < -0.3 is 5.32 Å². The van der Waals surface area contributed by atoms with Crippen molar-refractivity contribution in [2.24, 2.45) is 5.92 Å². The summed E-state index contributed by atoms with van der Waals surface area (Å²) in [6, 6.07) is -0.320. The van der Waals surface area contributed by atoms with Gasteiger partial charge in [-0.1, -0.05) is 20.8 Å². The highest BCUT2D eigenvalue weighted by molar-refractivity contribution is 5.87. The first-order valence-electron chi connectivity index (χ1n) is 4.78. The molecule has 0 bridgehead atoms. The van der Waals surface area contributed by atoms with Gasteiger partial charge in [-0.3, -0.25) is 9.59 Å². The summed E-state index contributed by atoms with van der Waals surface area (Å²) >= 11 is 0. The molecule has 1 amide bonds. The van der Waals surface area contributed by atoms with Crippen LogP contribution in [-0.4, -0.2) is 17.7 Å². The van der Waals surface area contributed by atoms with E-state index in [9.17, 15) is 9.59 Å². The first-order valence-corrected chi connectivity index (χ1v) is 4.78. The molecule has 1 N–H and O–H groups in total. The van der Waals surface area contributed by atoms with E-state index in [2.05, 4.69) is 5.32 Å². The Morgan fingerprint density at radius 2 is 1.85 bits per heavy atom. The van der Waals surface area contributed by atoms with Gasteiger partial charge in [-0.2, -0.15) is 0 Å². The van der Waals surface area contributed by atoms with Gasteiger partial charge in [0, 0.05) is 6.42 Å². The van der Waals surface area contributed by atoms with E-state index in [-0.39, 0.29) is 23.7 Å². The molecule has 0 rings (SSSR count). The van der Waals surface area contributed by atoms with Crippen LogP contribution in [0.2, 0.25) is 0 Å². The van der Waals surface area contributed by atoms with Crippen LogP contribution in [0.25, 0.3) is 0 Å². The molecule has 3 nitrogen and oxygen atoms in total. The number of rotatable bonds is 5. The number of carbonyl (C=O) groups excluding carboxylic acids is 2. The van der Waals surface area contributed by atoms with Crippen molar-refractivity contribution in [3.8, 4) is 0 Å². The lowest BCUT2D eigenvalue weighted by molar-refractivity contribution is -0.127. The Kier molecular flexibility index (Phi) is 5.35. The molecule has 0 aromatic heterocycles. The fraction of sp³-hybridized carbons (Fsp3) is 0.800. The van der Waals surface area contributed by atoms with Gasteiger partial charge in [0.2, 0.25) is 5.91 Å². The Balaban J connectivity index is 4.10. The molecule has 13 heavy (non-hydrogen) atoms. The summed E-state index contributed by atoms with van der Waals surface area (Å²) in [6.07, 6.45) is 1.31. The molecule has 1 atom stereocenters. The van der Waals surface area contributed by atoms with Crippen LogP contribution in [0.1, 0.15) is 40.5 Å². The van der Waals surface area contributed by atoms with Crippen molar-refractivity contribution >= 4 is 11.7 Å². The molecule has 0 aromatic carbocycles. The number of nitrogens with one attached hydrogen (secondary N) is 1. The zero-order valence-electron chi connectivity index (χ0n) is 8.89. The van der Waals surface area contributed by atoms with Crippen molar-refractivity contribution in [2.75, 3.05) is 0 Å². The van der Waals surface area contributed by atoms with Crippen LogP contribution in [0.4, 0.5) is 0 Å². The van der Waals surface area contributed by atoms with Gasteiger partial charge in [0.15, 0.2) is 5.78 Å². The van der Waals surface area contributed by atoms with Crippen LogP contribution in [0.3, 0.4) is 0 Å². The topological polar surface area (TPSA) is 46.2 Å². The summed E-state index contributed by atoms with van der Waals surface area (Å²) in [6.45, 7) is 7.31. The quantitative estimate of drug-likeness (QED) is 0.705. The highest BCUT2D eigenvalue weighted by Gasteiger charge is 2.19. The number of hydrogen-bond donors (Lipinski definition) is 1. The van der Waals surface area contributed by atoms with E-state index in [4.69, 9.17) is 0 Å². The summed E-state index contributed by atoms with van der Waals surface area (Å²) < 4.78 is 0. The molecule has 1 unspecified atom stereocenters. The minimum absolute atomic E-state index is 0.0273. The summed E-state index contributed by atoms with van der Waals surface area (Å²) in [5.41, 5.74) is 0. The number of hydrogen-bond acceptors (Lipinski definition) is 2. The monoisotopic (exact) mass is 185 g/mol. The highest BCUT2D eigenvalue weighted by atomic mass is 16.2. The van der Waals surface area contributed by atoms with Gasteiger partial charge in [0.05, 0.1) is 6.04 Å². The third-order valence-corrected chi connectivity index (χ3v) is 1.90. The van der Waals surface area contributed by atoms with Crippen molar-refractivity contribution in [2.45, 2.75) is 46.6 Å². The van der Waals surface area contributed by atoms with Crippen LogP contribution in [0, 0.1) is 5.92 Å². The van der Waals surface area contributed by atoms with Crippen LogP contribution >= 0.6 is 0 Å². The Hall–Kier alpha value is -0.860. The van der Waals surface area contributed by atoms with Crippen molar-refractivity contribution in [1.82, 2.24) is 5.32 Å². The normalized spacial score (nSPS) is 12.7. The molecule has 0 aromatic rings. The fourth-order valence-corrected chi connectivity index (χ4v) is 1.21. The predicted octanol–water partition coefficient (Wildman–Crippen LogP) is 1.52. The Morgan fingerprint density at radius 1 is 1.31 bits per heavy atom. The maximum atomic E-state index is 11.2. The van der Waals surface area contributed by atoms with Gasteiger partial charge in [0.25, 0.3) is 0 Å². The molecule has 0 aliphatic heterocycles. The van der Waals surface area contributed by atoms with Crippen molar-refractivity contribution < 1.29 is 9.59 Å². The summed E-state index contributed by atoms with van der Waals surface area (Å²) in [4.78, 5) is 22.3. The van der Waals surface area contributed by atoms with Gasteiger partial charge in [0.1, 0.15) is 0 Å². The van der Waals surface area contributed by atoms with Gasteiger partial charge in [-0.05, 0) is 19.3 Å². The molecule has 0 spiro atoms. The first-order chi connectivity index (χ1) is 5.99. The fourth-order valence-electron chi connectivity index (χ4n) is 1.21. The van der Waals surface area contributed by atoms with E-state index in [1.807, 2.05) is 20.8 Å². The molecule has 3 heteroatoms. The van der Waals surface area contributed by atoms with E-state index in [1.54, 1.807) is 0 Å². The van der Waals surface area contributed by atoms with Crippen molar-refractivity contribution in [1.29, 1.82) is 0 Å². The second-order valence-corrected chi connectivity index (χ2v) is 3.65. The molecule has 0 saturated carbocycles. The molecule has 76 valence electrons. The number of Topliss-reactive ketones (excluding diaryl/α,β-unsaturated/α-hetero) is 1. The van der Waals surface area contributed by atoms with E-state index in [0.29, 0.717) is 6.42 Å². The first kappa shape index (κ1) is 12.1. The molecule has 0 radical (unpaired) electrons. The Morgan fingerprint density at radius 3 is 2.15 bits per heavy atom. The zero-order chi connectivity index (χ0) is 10.4. The van der Waals surface area contributed by atoms with Crippen LogP contribution in [-0.2, 0) is 9.59 Å². The minimum atomic E-state index is -0.320. The maximum Gasteiger partial charge on any atom is 0.220 e. The largest absolute Gasteiger partial charge is 0.346 e. The van der Waals surface area contributed by atoms with Crippen molar-refractivity contribution in [3.63, 3.8) is 0 Å². The lowest BCUT2D eigenvalue weighted by Gasteiger charge is -2.19. The smallest absolute Gasteiger partial charge is 0.220 e. The second-order valence-electron chi connectivity index (χ2n) is 3.65. The second kappa shape index (κ2) is 5.73. The molecule has 0 aliphatic rings. The van der Waals surface area contributed by atoms with Gasteiger partial charge >= 0.3 is 0 Å². The number of carbonyl (C=O) groups is 2. The maximum absolute atomic E-state index is 11.2. The van der Waals surface area contributed by atoms with E-state index < -0.39 is 0 Å².